The van der Waals surface area contributed by atoms with Crippen LogP contribution in [-0.2, 0) is 9.47 Å². The van der Waals surface area contributed by atoms with E-state index in [2.05, 4.69) is 5.32 Å². The van der Waals surface area contributed by atoms with E-state index in [9.17, 15) is 9.18 Å². The predicted octanol–water partition coefficient (Wildman–Crippen LogP) is 3.04. The van der Waals surface area contributed by atoms with Crippen molar-refractivity contribution in [3.63, 3.8) is 0 Å². The number of rotatable bonds is 4. The van der Waals surface area contributed by atoms with Crippen LogP contribution in [0.15, 0.2) is 24.3 Å². The molecule has 0 aliphatic heterocycles. The molecule has 0 fully saturated rings. The van der Waals surface area contributed by atoms with Gasteiger partial charge in [0.25, 0.3) is 0 Å². The van der Waals surface area contributed by atoms with Gasteiger partial charge in [-0.3, -0.25) is 0 Å². The van der Waals surface area contributed by atoms with E-state index in [1.807, 2.05) is 0 Å². The lowest BCUT2D eigenvalue weighted by Crippen LogP contribution is -2.36. The topological polar surface area (TPSA) is 47.6 Å². The van der Waals surface area contributed by atoms with Gasteiger partial charge in [-0.15, -0.1) is 0 Å². The second-order valence-corrected chi connectivity index (χ2v) is 5.21. The monoisotopic (exact) mass is 269 g/mol. The van der Waals surface area contributed by atoms with Gasteiger partial charge in [-0.2, -0.15) is 0 Å². The number of hydrogen-bond acceptors (Lipinski definition) is 3. The Bertz CT molecular complexity index is 412. The van der Waals surface area contributed by atoms with Crippen LogP contribution in [0.25, 0.3) is 0 Å². The van der Waals surface area contributed by atoms with Gasteiger partial charge >= 0.3 is 6.09 Å². The first-order chi connectivity index (χ1) is 8.81. The maximum Gasteiger partial charge on any atom is 0.408 e. The first kappa shape index (κ1) is 15.4. The summed E-state index contributed by atoms with van der Waals surface area (Å²) >= 11 is 0. The second kappa shape index (κ2) is 6.52. The maximum absolute atomic E-state index is 12.9. The molecule has 0 saturated carbocycles. The second-order valence-electron chi connectivity index (χ2n) is 5.21. The molecular weight excluding hydrogens is 249 g/mol. The van der Waals surface area contributed by atoms with Crippen LogP contribution < -0.4 is 5.32 Å². The molecule has 1 rings (SSSR count). The average Bonchev–Trinajstić information content (AvgIpc) is 2.27. The summed E-state index contributed by atoms with van der Waals surface area (Å²) in [6, 6.07) is 5.52. The van der Waals surface area contributed by atoms with Crippen molar-refractivity contribution in [3.8, 4) is 0 Å². The summed E-state index contributed by atoms with van der Waals surface area (Å²) in [5.74, 6) is -0.322. The van der Waals surface area contributed by atoms with Crippen LogP contribution in [0.5, 0.6) is 0 Å². The Morgan fingerprint density at radius 1 is 1.32 bits per heavy atom. The Morgan fingerprint density at radius 2 is 1.89 bits per heavy atom. The van der Waals surface area contributed by atoms with Gasteiger partial charge < -0.3 is 14.8 Å². The lowest BCUT2D eigenvalue weighted by molar-refractivity contribution is 0.0468. The molecule has 0 aliphatic carbocycles. The molecule has 0 spiro atoms. The quantitative estimate of drug-likeness (QED) is 0.914. The Labute approximate surface area is 112 Å². The first-order valence-electron chi connectivity index (χ1n) is 6.06. The van der Waals surface area contributed by atoms with Gasteiger partial charge in [0, 0.05) is 7.11 Å². The van der Waals surface area contributed by atoms with Crippen molar-refractivity contribution in [1.82, 2.24) is 5.32 Å². The van der Waals surface area contributed by atoms with Crippen molar-refractivity contribution in [2.24, 2.45) is 0 Å². The standard InChI is InChI=1S/C14H20FNO3/c1-14(2,3)19-13(17)16-12(9-18-4)10-5-7-11(15)8-6-10/h5-8,12H,9H2,1-4H3,(H,16,17)/t12-/m1/s1. The van der Waals surface area contributed by atoms with Gasteiger partial charge in [0.1, 0.15) is 11.4 Å². The zero-order chi connectivity index (χ0) is 14.5. The number of carbonyl (C=O) groups excluding carboxylic acids is 1. The number of amides is 1. The molecule has 1 aromatic carbocycles. The number of alkyl carbamates (subject to hydrolysis) is 1. The average molecular weight is 269 g/mol. The Balaban J connectivity index is 2.73. The minimum Gasteiger partial charge on any atom is -0.444 e. The smallest absolute Gasteiger partial charge is 0.408 e. The number of nitrogens with one attached hydrogen (secondary N) is 1. The SMILES string of the molecule is COC[C@@H](NC(=O)OC(C)(C)C)c1ccc(F)cc1. The third kappa shape index (κ3) is 5.70. The van der Waals surface area contributed by atoms with E-state index in [4.69, 9.17) is 9.47 Å². The largest absolute Gasteiger partial charge is 0.444 e. The highest BCUT2D eigenvalue weighted by atomic mass is 19.1. The van der Waals surface area contributed by atoms with Crippen LogP contribution in [-0.4, -0.2) is 25.4 Å². The van der Waals surface area contributed by atoms with E-state index >= 15 is 0 Å². The number of halogens is 1. The van der Waals surface area contributed by atoms with Crippen LogP contribution in [0.4, 0.5) is 9.18 Å². The number of hydrogen-bond donors (Lipinski definition) is 1. The normalized spacial score (nSPS) is 12.9. The molecule has 0 bridgehead atoms. The fraction of sp³-hybridized carbons (Fsp3) is 0.500. The van der Waals surface area contributed by atoms with Gasteiger partial charge in [-0.25, -0.2) is 9.18 Å². The van der Waals surface area contributed by atoms with Gasteiger partial charge in [0.2, 0.25) is 0 Å². The highest BCUT2D eigenvalue weighted by Gasteiger charge is 2.20. The van der Waals surface area contributed by atoms with E-state index in [1.165, 1.54) is 19.2 Å². The molecule has 0 radical (unpaired) electrons. The van der Waals surface area contributed by atoms with Gasteiger partial charge in [0.05, 0.1) is 12.6 Å². The molecule has 1 N–H and O–H groups in total. The molecule has 5 heteroatoms. The molecule has 1 amide bonds. The molecule has 1 aromatic rings. The molecule has 0 aromatic heterocycles. The van der Waals surface area contributed by atoms with Gasteiger partial charge in [0.15, 0.2) is 0 Å². The maximum atomic E-state index is 12.9. The van der Waals surface area contributed by atoms with Crippen LogP contribution in [0.1, 0.15) is 32.4 Å². The Morgan fingerprint density at radius 3 is 2.37 bits per heavy atom. The van der Waals surface area contributed by atoms with Crippen molar-refractivity contribution >= 4 is 6.09 Å². The summed E-state index contributed by atoms with van der Waals surface area (Å²) in [6.07, 6.45) is -0.529. The molecule has 0 heterocycles. The molecule has 106 valence electrons. The van der Waals surface area contributed by atoms with E-state index in [0.717, 1.165) is 5.56 Å². The van der Waals surface area contributed by atoms with E-state index in [1.54, 1.807) is 32.9 Å². The molecule has 19 heavy (non-hydrogen) atoms. The van der Waals surface area contributed by atoms with Crippen LogP contribution in [0, 0.1) is 5.82 Å². The van der Waals surface area contributed by atoms with Crippen LogP contribution in [0.2, 0.25) is 0 Å². The number of ether oxygens (including phenoxy) is 2. The predicted molar refractivity (Wildman–Crippen MR) is 70.4 cm³/mol. The van der Waals surface area contributed by atoms with Crippen LogP contribution >= 0.6 is 0 Å². The molecule has 4 nitrogen and oxygen atoms in total. The summed E-state index contributed by atoms with van der Waals surface area (Å²) in [4.78, 5) is 11.7. The molecule has 0 unspecified atom stereocenters. The van der Waals surface area contributed by atoms with Crippen molar-refractivity contribution in [3.05, 3.63) is 35.6 Å². The summed E-state index contributed by atoms with van der Waals surface area (Å²) in [5.41, 5.74) is 0.193. The number of carbonyl (C=O) groups is 1. The van der Waals surface area contributed by atoms with Gasteiger partial charge in [-0.05, 0) is 38.5 Å². The van der Waals surface area contributed by atoms with E-state index in [-0.39, 0.29) is 18.5 Å². The minimum absolute atomic E-state index is 0.283. The first-order valence-corrected chi connectivity index (χ1v) is 6.06. The molecule has 0 saturated heterocycles. The third-order valence-electron chi connectivity index (χ3n) is 2.30. The molecule has 1 atom stereocenters. The van der Waals surface area contributed by atoms with E-state index < -0.39 is 11.7 Å². The number of benzene rings is 1. The minimum atomic E-state index is -0.565. The fourth-order valence-corrected chi connectivity index (χ4v) is 1.53. The molecular formula is C14H20FNO3. The van der Waals surface area contributed by atoms with Crippen molar-refractivity contribution in [2.75, 3.05) is 13.7 Å². The lowest BCUT2D eigenvalue weighted by Gasteiger charge is -2.23. The Kier molecular flexibility index (Phi) is 5.30. The zero-order valence-corrected chi connectivity index (χ0v) is 11.7. The summed E-state index contributed by atoms with van der Waals surface area (Å²) < 4.78 is 23.1. The lowest BCUT2D eigenvalue weighted by atomic mass is 10.1. The highest BCUT2D eigenvalue weighted by Crippen LogP contribution is 2.15. The fourth-order valence-electron chi connectivity index (χ4n) is 1.53. The van der Waals surface area contributed by atoms with E-state index in [0.29, 0.717) is 0 Å². The zero-order valence-electron chi connectivity index (χ0n) is 11.7. The Hall–Kier alpha value is -1.62. The van der Waals surface area contributed by atoms with Gasteiger partial charge in [-0.1, -0.05) is 12.1 Å². The summed E-state index contributed by atoms with van der Waals surface area (Å²) in [5, 5.41) is 2.70. The van der Waals surface area contributed by atoms with Crippen molar-refractivity contribution in [2.45, 2.75) is 32.4 Å². The summed E-state index contributed by atoms with van der Waals surface area (Å²) in [6.45, 7) is 5.65. The summed E-state index contributed by atoms with van der Waals surface area (Å²) in [7, 11) is 1.54. The molecule has 0 aliphatic rings. The van der Waals surface area contributed by atoms with Crippen molar-refractivity contribution < 1.29 is 18.7 Å². The number of methoxy groups -OCH3 is 1. The van der Waals surface area contributed by atoms with Crippen LogP contribution in [0.3, 0.4) is 0 Å². The third-order valence-corrected chi connectivity index (χ3v) is 2.30. The highest BCUT2D eigenvalue weighted by molar-refractivity contribution is 5.68. The van der Waals surface area contributed by atoms with Crippen molar-refractivity contribution in [1.29, 1.82) is 0 Å².